The molecule has 0 bridgehead atoms. The lowest BCUT2D eigenvalue weighted by Crippen LogP contribution is -2.49. The molecular formula is C45H61F2N3O10S. The minimum Gasteiger partial charge on any atom is -0.497 e. The molecule has 1 N–H and O–H groups in total. The van der Waals surface area contributed by atoms with Crippen molar-refractivity contribution >= 4 is 44.4 Å². The Morgan fingerprint density at radius 2 is 1.79 bits per heavy atom. The number of rotatable bonds is 12. The Morgan fingerprint density at radius 3 is 2.43 bits per heavy atom. The van der Waals surface area contributed by atoms with Crippen LogP contribution < -0.4 is 18.9 Å². The lowest BCUT2D eigenvalue weighted by Gasteiger charge is -2.34. The summed E-state index contributed by atoms with van der Waals surface area (Å²) in [6.45, 7) is 11.9. The summed E-state index contributed by atoms with van der Waals surface area (Å²) in [6.07, 6.45) is 4.85. The van der Waals surface area contributed by atoms with Gasteiger partial charge in [-0.15, -0.1) is 0 Å². The van der Waals surface area contributed by atoms with Gasteiger partial charge in [-0.2, -0.15) is 4.98 Å². The van der Waals surface area contributed by atoms with E-state index in [1.165, 1.54) is 4.90 Å². The first-order valence-corrected chi connectivity index (χ1v) is 22.9. The van der Waals surface area contributed by atoms with Crippen LogP contribution in [0.4, 0.5) is 8.78 Å². The number of nitrogens with zero attached hydrogens (tertiary/aromatic N) is 2. The number of halogens is 2. The number of fused-ring (bicyclic) bond motifs is 3. The van der Waals surface area contributed by atoms with Gasteiger partial charge in [-0.05, 0) is 114 Å². The number of hydrogen-bond acceptors (Lipinski definition) is 11. The van der Waals surface area contributed by atoms with Crippen LogP contribution in [0, 0.1) is 29.1 Å². The Morgan fingerprint density at radius 1 is 1.08 bits per heavy atom. The average molecular weight is 874 g/mol. The molecule has 0 radical (unpaired) electrons. The van der Waals surface area contributed by atoms with Gasteiger partial charge in [-0.3, -0.25) is 23.9 Å². The number of allylic oxidation sites excluding steroid dienone is 2. The zero-order valence-electron chi connectivity index (χ0n) is 36.7. The highest BCUT2D eigenvalue weighted by Gasteiger charge is 2.63. The van der Waals surface area contributed by atoms with E-state index >= 15 is 4.79 Å². The number of ether oxygens (including phenoxy) is 4. The lowest BCUT2D eigenvalue weighted by molar-refractivity contribution is -0.197. The minimum absolute atomic E-state index is 0.00915. The number of carbonyl (C=O) groups excluding carboxylic acids is 4. The van der Waals surface area contributed by atoms with E-state index in [-0.39, 0.29) is 49.6 Å². The zero-order valence-corrected chi connectivity index (χ0v) is 37.5. The smallest absolute Gasteiger partial charge is 0.307 e. The van der Waals surface area contributed by atoms with Gasteiger partial charge in [0, 0.05) is 31.2 Å². The number of sulfonamides is 1. The molecule has 0 spiro atoms. The average Bonchev–Trinajstić information content (AvgIpc) is 4.04. The number of amides is 2. The molecule has 3 fully saturated rings. The number of pyridine rings is 1. The highest BCUT2D eigenvalue weighted by molar-refractivity contribution is 7.91. The second-order valence-electron chi connectivity index (χ2n) is 19.0. The number of esters is 1. The maximum absolute atomic E-state index is 15.0. The number of benzene rings is 1. The van der Waals surface area contributed by atoms with Crippen molar-refractivity contribution in [2.45, 2.75) is 148 Å². The van der Waals surface area contributed by atoms with Gasteiger partial charge in [-0.1, -0.05) is 26.0 Å². The Balaban J connectivity index is 1.38. The van der Waals surface area contributed by atoms with Crippen LogP contribution in [0.5, 0.6) is 17.5 Å². The molecule has 3 heterocycles. The lowest BCUT2D eigenvalue weighted by atomic mass is 9.82. The molecule has 0 unspecified atom stereocenters. The molecule has 2 aromatic rings. The van der Waals surface area contributed by atoms with Crippen molar-refractivity contribution in [1.82, 2.24) is 14.6 Å². The number of carbonyl (C=O) groups is 4. The van der Waals surface area contributed by atoms with E-state index in [1.54, 1.807) is 38.3 Å². The van der Waals surface area contributed by atoms with Crippen LogP contribution in [0.2, 0.25) is 0 Å². The van der Waals surface area contributed by atoms with E-state index in [1.807, 2.05) is 39.8 Å². The third kappa shape index (κ3) is 9.99. The van der Waals surface area contributed by atoms with E-state index in [9.17, 15) is 31.6 Å². The van der Waals surface area contributed by atoms with Gasteiger partial charge in [0.25, 0.3) is 5.92 Å². The fourth-order valence-corrected chi connectivity index (χ4v) is 9.87. The Kier molecular flexibility index (Phi) is 12.9. The van der Waals surface area contributed by atoms with Gasteiger partial charge >= 0.3 is 5.97 Å². The van der Waals surface area contributed by atoms with E-state index in [4.69, 9.17) is 18.9 Å². The quantitative estimate of drug-likeness (QED) is 0.167. The molecule has 1 aromatic heterocycles. The summed E-state index contributed by atoms with van der Waals surface area (Å²) < 4.78 is 80.1. The largest absolute Gasteiger partial charge is 0.497 e. The summed E-state index contributed by atoms with van der Waals surface area (Å²) >= 11 is 0. The van der Waals surface area contributed by atoms with Crippen molar-refractivity contribution in [2.24, 2.45) is 29.1 Å². The number of hydrogen-bond donors (Lipinski definition) is 1. The molecule has 2 saturated carbocycles. The minimum atomic E-state index is -4.02. The van der Waals surface area contributed by atoms with Gasteiger partial charge < -0.3 is 23.8 Å². The van der Waals surface area contributed by atoms with E-state index in [0.717, 1.165) is 13.8 Å². The highest BCUT2D eigenvalue weighted by Crippen LogP contribution is 2.58. The van der Waals surface area contributed by atoms with Crippen LogP contribution in [0.25, 0.3) is 10.8 Å². The van der Waals surface area contributed by atoms with E-state index < -0.39 is 91.6 Å². The van der Waals surface area contributed by atoms with Crippen molar-refractivity contribution in [2.75, 3.05) is 13.7 Å². The number of nitrogens with one attached hydrogen (secondary N) is 1. The summed E-state index contributed by atoms with van der Waals surface area (Å²) in [5, 5.41) is 1.32. The van der Waals surface area contributed by atoms with Crippen LogP contribution in [0.1, 0.15) is 113 Å². The van der Waals surface area contributed by atoms with Crippen LogP contribution in [-0.2, 0) is 33.9 Å². The first-order valence-electron chi connectivity index (χ1n) is 21.4. The molecule has 16 heteroatoms. The van der Waals surface area contributed by atoms with Crippen molar-refractivity contribution in [3.8, 4) is 17.5 Å². The SMILES string of the molecule is COc1ccc2c(O[C@@H]3C[C@H]4C(=O)C[C@]5(C(=O)NS(=O)(=O)C6(C)CC6)C[C@H]5/C=C\CC[C@@H](C)C[C@@H](C)[C@H](CC(=O)OC(C)(C)C(C)(F)F)C(=O)N4C3)nc(OC(C)C)cc2c1. The molecule has 61 heavy (non-hydrogen) atoms. The molecule has 1 saturated heterocycles. The molecule has 2 aliphatic carbocycles. The van der Waals surface area contributed by atoms with Crippen molar-refractivity contribution in [3.63, 3.8) is 0 Å². The predicted molar refractivity (Wildman–Crippen MR) is 224 cm³/mol. The number of alkyl halides is 2. The maximum Gasteiger partial charge on any atom is 0.307 e. The Labute approximate surface area is 357 Å². The second-order valence-corrected chi connectivity index (χ2v) is 21.2. The zero-order chi connectivity index (χ0) is 44.9. The number of methoxy groups -OCH3 is 1. The molecule has 1 aromatic carbocycles. The standard InChI is InChI=1S/C45H61F2N3O10S/c1-26(2)58-37-20-29-19-31(57-9)14-15-33(29)39(48-37)59-32-21-35-36(51)24-45(41(54)49-61(55,56)43(7)16-17-43)23-30(45)13-11-10-12-27(3)18-28(4)34(40(53)50(35)25-32)22-38(52)60-42(5,6)44(8,46)47/h11,13-15,19-20,26-28,30,32,34-35H,10,12,16-18,21-25H2,1-9H3,(H,49,54)/b13-11-/t27-,28-,30-,32-,34+,35+,45-/m1/s1. The van der Waals surface area contributed by atoms with Gasteiger partial charge in [0.1, 0.15) is 11.9 Å². The third-order valence-electron chi connectivity index (χ3n) is 13.2. The summed E-state index contributed by atoms with van der Waals surface area (Å²) in [7, 11) is -2.47. The molecule has 13 nitrogen and oxygen atoms in total. The Hall–Kier alpha value is -4.34. The van der Waals surface area contributed by atoms with Crippen molar-refractivity contribution < 1.29 is 55.3 Å². The van der Waals surface area contributed by atoms with Gasteiger partial charge in [-0.25, -0.2) is 17.2 Å². The van der Waals surface area contributed by atoms with Crippen LogP contribution in [0.15, 0.2) is 36.4 Å². The monoisotopic (exact) mass is 873 g/mol. The van der Waals surface area contributed by atoms with Crippen molar-refractivity contribution in [3.05, 3.63) is 36.4 Å². The first-order chi connectivity index (χ1) is 28.4. The molecule has 4 aliphatic rings. The Bertz CT molecular complexity index is 2170. The first kappa shape index (κ1) is 46.2. The highest BCUT2D eigenvalue weighted by atomic mass is 32.2. The van der Waals surface area contributed by atoms with Crippen LogP contribution in [-0.4, -0.2) is 90.0 Å². The summed E-state index contributed by atoms with van der Waals surface area (Å²) in [5.74, 6) is -6.90. The molecule has 7 atom stereocenters. The molecule has 6 rings (SSSR count). The molecule has 2 aliphatic heterocycles. The fraction of sp³-hybridized carbons (Fsp3) is 0.667. The van der Waals surface area contributed by atoms with Gasteiger partial charge in [0.2, 0.25) is 33.6 Å². The van der Waals surface area contributed by atoms with Gasteiger partial charge in [0.05, 0.1) is 48.3 Å². The maximum atomic E-state index is 15.0. The number of aromatic nitrogens is 1. The normalized spacial score (nSPS) is 28.8. The fourth-order valence-electron chi connectivity index (χ4n) is 8.54. The molecular weight excluding hydrogens is 813 g/mol. The van der Waals surface area contributed by atoms with Gasteiger partial charge in [0.15, 0.2) is 11.4 Å². The number of ketones is 1. The van der Waals surface area contributed by atoms with Crippen molar-refractivity contribution in [1.29, 1.82) is 0 Å². The summed E-state index contributed by atoms with van der Waals surface area (Å²) in [5.41, 5.74) is -3.52. The van der Waals surface area contributed by atoms with E-state index in [0.29, 0.717) is 55.5 Å². The summed E-state index contributed by atoms with van der Waals surface area (Å²) in [6, 6.07) is 5.95. The topological polar surface area (TPSA) is 167 Å². The third-order valence-corrected chi connectivity index (χ3v) is 15.4. The second kappa shape index (κ2) is 17.1. The number of Topliss-reactive ketones (excluding diaryl/α,β-unsaturated/α-hetero) is 1. The van der Waals surface area contributed by atoms with Crippen LogP contribution >= 0.6 is 0 Å². The predicted octanol–water partition coefficient (Wildman–Crippen LogP) is 7.34. The van der Waals surface area contributed by atoms with Crippen LogP contribution in [0.3, 0.4) is 0 Å². The molecule has 2 amide bonds. The summed E-state index contributed by atoms with van der Waals surface area (Å²) in [4.78, 5) is 63.5. The molecule has 336 valence electrons. The van der Waals surface area contributed by atoms with E-state index in [2.05, 4.69) is 9.71 Å².